The van der Waals surface area contributed by atoms with Crippen molar-refractivity contribution in [1.82, 2.24) is 25.6 Å². The lowest BCUT2D eigenvalue weighted by Gasteiger charge is -2.63. The average Bonchev–Trinajstić information content (AvgIpc) is 3.88. The van der Waals surface area contributed by atoms with Crippen LogP contribution in [0.4, 0.5) is 5.69 Å². The summed E-state index contributed by atoms with van der Waals surface area (Å²) in [6.07, 6.45) is 5.90. The summed E-state index contributed by atoms with van der Waals surface area (Å²) in [5.74, 6) is -0.724. The highest BCUT2D eigenvalue weighted by Crippen LogP contribution is 2.67. The molecule has 6 heterocycles. The number of nitrogens with one attached hydrogen (secondary N) is 3. The number of aromatic nitrogens is 1. The first-order valence-corrected chi connectivity index (χ1v) is 20.7. The molecule has 6 aliphatic rings. The van der Waals surface area contributed by atoms with Gasteiger partial charge in [0, 0.05) is 91.1 Å². The Labute approximate surface area is 334 Å². The monoisotopic (exact) mass is 782 g/mol. The SMILES string of the molecule is CC[C@]1(O)CC2CN(CCc3c([nH]c4ccccc34)[C@@](C(=O)OC)(c3cc4c(cc3OC)N(C)[C@H]3[C@@](O)(C(=O)NNC)[C@H](O)[C@]5(CC)C=CCN6CC[C@]43[C@@H]65)C2)C1. The van der Waals surface area contributed by atoms with Crippen molar-refractivity contribution in [3.05, 3.63) is 70.9 Å². The number of para-hydroxylation sites is 1. The molecule has 6 N–H and O–H groups in total. The third-order valence-corrected chi connectivity index (χ3v) is 15.4. The fourth-order valence-corrected chi connectivity index (χ4v) is 13.2. The summed E-state index contributed by atoms with van der Waals surface area (Å²) in [5.41, 5.74) is 4.05. The third kappa shape index (κ3) is 4.90. The highest BCUT2D eigenvalue weighted by Gasteiger charge is 2.78. The van der Waals surface area contributed by atoms with Gasteiger partial charge >= 0.3 is 5.97 Å². The number of fused-ring (bicyclic) bond motifs is 6. The molecule has 1 aromatic heterocycles. The Bertz CT molecular complexity index is 2160. The molecule has 2 saturated heterocycles. The van der Waals surface area contributed by atoms with Crippen LogP contribution in [0, 0.1) is 11.3 Å². The lowest BCUT2D eigenvalue weighted by Crippen LogP contribution is -2.82. The number of aromatic amines is 1. The number of esters is 1. The maximum Gasteiger partial charge on any atom is 0.322 e. The Hall–Kier alpha value is -3.98. The number of carbonyl (C=O) groups excluding carboxylic acids is 2. The molecule has 0 radical (unpaired) electrons. The molecular weight excluding hydrogens is 725 g/mol. The van der Waals surface area contributed by atoms with E-state index in [1.165, 1.54) is 7.11 Å². The third-order valence-electron chi connectivity index (χ3n) is 15.4. The van der Waals surface area contributed by atoms with Gasteiger partial charge in [0.2, 0.25) is 0 Å². The summed E-state index contributed by atoms with van der Waals surface area (Å²) in [5, 5.41) is 38.6. The van der Waals surface area contributed by atoms with E-state index in [9.17, 15) is 20.1 Å². The molecule has 13 nitrogen and oxygen atoms in total. The number of benzene rings is 2. The Morgan fingerprint density at radius 3 is 2.54 bits per heavy atom. The number of aliphatic hydroxyl groups excluding tert-OH is 1. The van der Waals surface area contributed by atoms with Crippen LogP contribution in [0.15, 0.2) is 48.6 Å². The smallest absolute Gasteiger partial charge is 0.322 e. The number of likely N-dealkylation sites (N-methyl/N-ethyl adjacent to an activating group) is 1. The van der Waals surface area contributed by atoms with Gasteiger partial charge in [-0.3, -0.25) is 24.8 Å². The van der Waals surface area contributed by atoms with Crippen molar-refractivity contribution in [2.24, 2.45) is 11.3 Å². The van der Waals surface area contributed by atoms with Crippen LogP contribution in [0.1, 0.15) is 68.3 Å². The number of piperidine rings is 1. The Balaban J connectivity index is 1.36. The summed E-state index contributed by atoms with van der Waals surface area (Å²) in [7, 11) is 6.51. The van der Waals surface area contributed by atoms with Gasteiger partial charge in [-0.05, 0) is 74.2 Å². The van der Waals surface area contributed by atoms with Gasteiger partial charge in [-0.2, -0.15) is 0 Å². The molecule has 1 spiro atoms. The van der Waals surface area contributed by atoms with Crippen molar-refractivity contribution in [2.75, 3.05) is 65.9 Å². The fraction of sp³-hybridized carbons (Fsp3) is 0.591. The van der Waals surface area contributed by atoms with Gasteiger partial charge in [-0.25, -0.2) is 5.43 Å². The number of methoxy groups -OCH3 is 2. The van der Waals surface area contributed by atoms with Gasteiger partial charge in [-0.1, -0.05) is 44.2 Å². The molecule has 13 heteroatoms. The number of hydrazine groups is 1. The van der Waals surface area contributed by atoms with Crippen molar-refractivity contribution >= 4 is 28.5 Å². The van der Waals surface area contributed by atoms with E-state index in [1.807, 2.05) is 56.1 Å². The van der Waals surface area contributed by atoms with Crippen LogP contribution < -0.4 is 20.5 Å². The molecule has 3 aromatic rings. The summed E-state index contributed by atoms with van der Waals surface area (Å²) in [6.45, 7) is 7.44. The van der Waals surface area contributed by atoms with Gasteiger partial charge in [0.25, 0.3) is 5.91 Å². The number of carbonyl (C=O) groups is 2. The molecule has 3 fully saturated rings. The van der Waals surface area contributed by atoms with Gasteiger partial charge in [0.15, 0.2) is 5.60 Å². The summed E-state index contributed by atoms with van der Waals surface area (Å²) >= 11 is 0. The maximum absolute atomic E-state index is 15.3. The fourth-order valence-electron chi connectivity index (χ4n) is 13.2. The van der Waals surface area contributed by atoms with Crippen LogP contribution in [0.25, 0.3) is 10.9 Å². The zero-order valence-electron chi connectivity index (χ0n) is 34.0. The zero-order valence-corrected chi connectivity index (χ0v) is 34.0. The van der Waals surface area contributed by atoms with E-state index in [2.05, 4.69) is 43.8 Å². The van der Waals surface area contributed by atoms with Crippen LogP contribution in [-0.2, 0) is 31.6 Å². The lowest BCUT2D eigenvalue weighted by molar-refractivity contribution is -0.204. The predicted molar refractivity (Wildman–Crippen MR) is 216 cm³/mol. The number of hydrogen-bond donors (Lipinski definition) is 6. The highest BCUT2D eigenvalue weighted by molar-refractivity contribution is 5.95. The Morgan fingerprint density at radius 1 is 1.04 bits per heavy atom. The minimum Gasteiger partial charge on any atom is -0.496 e. The molecular formula is C44H58N6O7. The number of aliphatic hydroxyl groups is 3. The van der Waals surface area contributed by atoms with Crippen molar-refractivity contribution < 1.29 is 34.4 Å². The highest BCUT2D eigenvalue weighted by atomic mass is 16.5. The summed E-state index contributed by atoms with van der Waals surface area (Å²) in [4.78, 5) is 40.1. The first-order valence-electron chi connectivity index (χ1n) is 20.7. The van der Waals surface area contributed by atoms with Crippen LogP contribution in [-0.4, -0.2) is 132 Å². The number of nitrogens with zero attached hydrogens (tertiary/aromatic N) is 3. The molecule has 5 aliphatic heterocycles. The normalized spacial score (nSPS) is 38.0. The zero-order chi connectivity index (χ0) is 40.3. The lowest BCUT2D eigenvalue weighted by atomic mass is 9.47. The Morgan fingerprint density at radius 2 is 1.82 bits per heavy atom. The van der Waals surface area contributed by atoms with Crippen molar-refractivity contribution in [3.8, 4) is 5.75 Å². The van der Waals surface area contributed by atoms with Crippen molar-refractivity contribution in [3.63, 3.8) is 0 Å². The van der Waals surface area contributed by atoms with E-state index in [1.54, 1.807) is 14.2 Å². The number of ether oxygens (including phenoxy) is 2. The Kier molecular flexibility index (Phi) is 8.97. The largest absolute Gasteiger partial charge is 0.496 e. The summed E-state index contributed by atoms with van der Waals surface area (Å²) in [6, 6.07) is 11.1. The topological polar surface area (TPSA) is 163 Å². The van der Waals surface area contributed by atoms with Gasteiger partial charge in [-0.15, -0.1) is 0 Å². The van der Waals surface area contributed by atoms with Crippen LogP contribution in [0.2, 0.25) is 0 Å². The van der Waals surface area contributed by atoms with Crippen molar-refractivity contribution in [1.29, 1.82) is 0 Å². The molecule has 2 bridgehead atoms. The number of rotatable bonds is 7. The minimum atomic E-state index is -2.24. The van der Waals surface area contributed by atoms with Crippen LogP contribution in [0.3, 0.4) is 0 Å². The first kappa shape index (κ1) is 38.5. The standard InChI is InChI=1S/C44H58N6O7/c1-7-40(54)22-26-23-43(39(53)57-6,34-28(14-18-49(24-26)25-40)27-12-9-10-13-31(27)46-34)30-20-29-32(21-33(30)56-5)48(4)36-42(29)16-19-50-17-11-15-41(8-2,35(42)50)37(51)44(36,55)38(52)47-45-3/h9-13,15,20-21,26,35-37,45-46,51,54-55H,7-8,14,16-19,22-25H2,1-6H3,(H,47,52)/t26?,35-,36+,37+,40-,41+,42+,43-,44-/m0/s1. The van der Waals surface area contributed by atoms with Crippen molar-refractivity contribution in [2.45, 2.75) is 92.6 Å². The van der Waals surface area contributed by atoms with Gasteiger partial charge in [0.05, 0.1) is 25.9 Å². The molecule has 1 saturated carbocycles. The second kappa shape index (κ2) is 13.3. The van der Waals surface area contributed by atoms with Crippen LogP contribution in [0.5, 0.6) is 5.75 Å². The van der Waals surface area contributed by atoms with E-state index in [4.69, 9.17) is 9.47 Å². The quantitative estimate of drug-likeness (QED) is 0.119. The molecule has 57 heavy (non-hydrogen) atoms. The number of H-pyrrole nitrogens is 1. The predicted octanol–water partition coefficient (Wildman–Crippen LogP) is 2.50. The molecule has 2 aromatic carbocycles. The molecule has 2 unspecified atom stereocenters. The molecule has 10 atom stereocenters. The maximum atomic E-state index is 15.3. The van der Waals surface area contributed by atoms with Crippen LogP contribution >= 0.6 is 0 Å². The van der Waals surface area contributed by atoms with E-state index < -0.39 is 51.5 Å². The molecule has 9 rings (SSSR count). The number of anilines is 1. The molecule has 1 amide bonds. The van der Waals surface area contributed by atoms with Gasteiger partial charge < -0.3 is 34.7 Å². The number of amides is 1. The van der Waals surface area contributed by atoms with E-state index >= 15 is 4.79 Å². The second-order valence-electron chi connectivity index (χ2n) is 17.8. The van der Waals surface area contributed by atoms with E-state index in [-0.39, 0.29) is 12.0 Å². The molecule has 1 aliphatic carbocycles. The van der Waals surface area contributed by atoms with Gasteiger partial charge in [0.1, 0.15) is 17.3 Å². The van der Waals surface area contributed by atoms with E-state index in [0.717, 1.165) is 46.5 Å². The van der Waals surface area contributed by atoms with E-state index in [0.29, 0.717) is 69.5 Å². The average molecular weight is 783 g/mol. The first-order chi connectivity index (χ1) is 27.3. The summed E-state index contributed by atoms with van der Waals surface area (Å²) < 4.78 is 12.3. The minimum absolute atomic E-state index is 0.0786. The second-order valence-corrected chi connectivity index (χ2v) is 17.8. The number of hydrogen-bond acceptors (Lipinski definition) is 11. The molecule has 306 valence electrons.